The van der Waals surface area contributed by atoms with Crippen molar-refractivity contribution in [1.82, 2.24) is 15.3 Å². The summed E-state index contributed by atoms with van der Waals surface area (Å²) in [6.45, 7) is 1.58. The zero-order valence-corrected chi connectivity index (χ0v) is 15.6. The van der Waals surface area contributed by atoms with Crippen molar-refractivity contribution in [2.75, 3.05) is 23.7 Å². The Hall–Kier alpha value is -2.97. The van der Waals surface area contributed by atoms with Gasteiger partial charge in [0.2, 0.25) is 11.7 Å². The van der Waals surface area contributed by atoms with E-state index >= 15 is 0 Å². The summed E-state index contributed by atoms with van der Waals surface area (Å²) in [6.07, 6.45) is 4.49. The summed E-state index contributed by atoms with van der Waals surface area (Å²) in [5.74, 6) is -0.503. The number of nitrogens with zero attached hydrogens (tertiary/aromatic N) is 2. The minimum Gasteiger partial charge on any atom is -0.447 e. The first kappa shape index (κ1) is 18.4. The lowest BCUT2D eigenvalue weighted by molar-refractivity contribution is -0.120. The van der Waals surface area contributed by atoms with E-state index in [2.05, 4.69) is 25.9 Å². The summed E-state index contributed by atoms with van der Waals surface area (Å²) in [6, 6.07) is 6.59. The maximum atomic E-state index is 12.8. The number of furan rings is 1. The Balaban J connectivity index is 1.63. The summed E-state index contributed by atoms with van der Waals surface area (Å²) in [7, 11) is 0. The predicted octanol–water partition coefficient (Wildman–Crippen LogP) is 3.07. The molecular formula is C19H18ClN5O3. The normalized spacial score (nSPS) is 14.8. The van der Waals surface area contributed by atoms with E-state index < -0.39 is 5.91 Å². The maximum Gasteiger partial charge on any atom is 0.294 e. The second kappa shape index (κ2) is 7.95. The van der Waals surface area contributed by atoms with Gasteiger partial charge in [-0.3, -0.25) is 14.6 Å². The Morgan fingerprint density at radius 1 is 1.14 bits per heavy atom. The van der Waals surface area contributed by atoms with Crippen LogP contribution < -0.4 is 16.0 Å². The fourth-order valence-corrected chi connectivity index (χ4v) is 3.25. The van der Waals surface area contributed by atoms with Gasteiger partial charge in [-0.25, -0.2) is 4.98 Å². The van der Waals surface area contributed by atoms with Crippen molar-refractivity contribution in [3.05, 3.63) is 47.4 Å². The molecule has 3 aromatic rings. The molecule has 0 aliphatic carbocycles. The summed E-state index contributed by atoms with van der Waals surface area (Å²) >= 11 is 5.82. The first-order chi connectivity index (χ1) is 13.6. The van der Waals surface area contributed by atoms with Crippen LogP contribution in [0.3, 0.4) is 0 Å². The minimum atomic E-state index is -0.534. The van der Waals surface area contributed by atoms with Gasteiger partial charge in [-0.05, 0) is 50.2 Å². The van der Waals surface area contributed by atoms with Crippen LogP contribution in [0, 0.1) is 5.92 Å². The molecule has 1 fully saturated rings. The van der Waals surface area contributed by atoms with E-state index in [1.54, 1.807) is 30.5 Å². The van der Waals surface area contributed by atoms with E-state index in [0.29, 0.717) is 21.9 Å². The Bertz CT molecular complexity index is 1010. The fraction of sp³-hybridized carbons (Fsp3) is 0.263. The molecule has 0 radical (unpaired) electrons. The standard InChI is InChI=1S/C19H18ClN5O3/c20-12-3-4-14(23-10-12)24-19(27)17-16(15-13(28-17)2-1-7-22-15)25-18(26)11-5-8-21-9-6-11/h1-4,7,10-11,21H,5-6,8-9H2,(H,25,26)(H,23,24,27). The van der Waals surface area contributed by atoms with E-state index in [0.717, 1.165) is 25.9 Å². The molecule has 0 unspecified atom stereocenters. The van der Waals surface area contributed by atoms with Crippen LogP contribution in [0.5, 0.6) is 0 Å². The van der Waals surface area contributed by atoms with E-state index in [1.165, 1.54) is 6.20 Å². The van der Waals surface area contributed by atoms with Crippen LogP contribution >= 0.6 is 11.6 Å². The van der Waals surface area contributed by atoms with Gasteiger partial charge in [0.05, 0.1) is 5.02 Å². The van der Waals surface area contributed by atoms with Crippen LogP contribution in [0.4, 0.5) is 11.5 Å². The number of halogens is 1. The highest BCUT2D eigenvalue weighted by molar-refractivity contribution is 6.30. The van der Waals surface area contributed by atoms with Crippen molar-refractivity contribution in [2.24, 2.45) is 5.92 Å². The molecule has 0 spiro atoms. The highest BCUT2D eigenvalue weighted by Crippen LogP contribution is 2.30. The van der Waals surface area contributed by atoms with Crippen LogP contribution in [0.1, 0.15) is 23.4 Å². The molecule has 28 heavy (non-hydrogen) atoms. The van der Waals surface area contributed by atoms with Gasteiger partial charge >= 0.3 is 0 Å². The lowest BCUT2D eigenvalue weighted by Gasteiger charge is -2.21. The van der Waals surface area contributed by atoms with Gasteiger partial charge in [-0.15, -0.1) is 0 Å². The Labute approximate surface area is 165 Å². The van der Waals surface area contributed by atoms with Crippen molar-refractivity contribution in [2.45, 2.75) is 12.8 Å². The topological polar surface area (TPSA) is 109 Å². The van der Waals surface area contributed by atoms with E-state index in [1.807, 2.05) is 0 Å². The largest absolute Gasteiger partial charge is 0.447 e. The first-order valence-corrected chi connectivity index (χ1v) is 9.31. The average molecular weight is 400 g/mol. The van der Waals surface area contributed by atoms with Crippen LogP contribution in [-0.2, 0) is 4.79 Å². The molecule has 1 saturated heterocycles. The summed E-state index contributed by atoms with van der Waals surface area (Å²) in [5.41, 5.74) is 1.11. The molecule has 0 aromatic carbocycles. The molecular weight excluding hydrogens is 382 g/mol. The number of nitrogens with one attached hydrogen (secondary N) is 3. The molecule has 1 aliphatic heterocycles. The third-order valence-corrected chi connectivity index (χ3v) is 4.80. The molecule has 9 heteroatoms. The highest BCUT2D eigenvalue weighted by atomic mass is 35.5. The first-order valence-electron chi connectivity index (χ1n) is 8.94. The van der Waals surface area contributed by atoms with Crippen molar-refractivity contribution >= 4 is 46.0 Å². The quantitative estimate of drug-likeness (QED) is 0.622. The molecule has 0 saturated carbocycles. The average Bonchev–Trinajstić information content (AvgIpc) is 3.09. The molecule has 0 atom stereocenters. The third-order valence-electron chi connectivity index (χ3n) is 4.58. The van der Waals surface area contributed by atoms with E-state index in [9.17, 15) is 9.59 Å². The molecule has 3 N–H and O–H groups in total. The molecule has 2 amide bonds. The second-order valence-corrected chi connectivity index (χ2v) is 6.92. The van der Waals surface area contributed by atoms with Gasteiger partial charge < -0.3 is 20.4 Å². The third kappa shape index (κ3) is 3.83. The Morgan fingerprint density at radius 2 is 1.96 bits per heavy atom. The van der Waals surface area contributed by atoms with Gasteiger partial charge in [0.15, 0.2) is 5.58 Å². The number of amides is 2. The zero-order valence-electron chi connectivity index (χ0n) is 14.9. The van der Waals surface area contributed by atoms with Crippen molar-refractivity contribution < 1.29 is 14.0 Å². The zero-order chi connectivity index (χ0) is 19.5. The van der Waals surface area contributed by atoms with Crippen LogP contribution in [0.2, 0.25) is 5.02 Å². The number of carbonyl (C=O) groups excluding carboxylic acids is 2. The number of hydrogen-bond donors (Lipinski definition) is 3. The Kier molecular flexibility index (Phi) is 5.23. The van der Waals surface area contributed by atoms with E-state index in [4.69, 9.17) is 16.0 Å². The molecule has 4 rings (SSSR count). The molecule has 144 valence electrons. The van der Waals surface area contributed by atoms with Crippen LogP contribution in [-0.4, -0.2) is 34.9 Å². The van der Waals surface area contributed by atoms with Crippen LogP contribution in [0.15, 0.2) is 41.1 Å². The molecule has 4 heterocycles. The monoisotopic (exact) mass is 399 g/mol. The van der Waals surface area contributed by atoms with Gasteiger partial charge in [0.1, 0.15) is 17.0 Å². The predicted molar refractivity (Wildman–Crippen MR) is 105 cm³/mol. The van der Waals surface area contributed by atoms with E-state index in [-0.39, 0.29) is 23.3 Å². The highest BCUT2D eigenvalue weighted by Gasteiger charge is 2.27. The molecule has 0 bridgehead atoms. The molecule has 1 aliphatic rings. The second-order valence-electron chi connectivity index (χ2n) is 6.49. The number of hydrogen-bond acceptors (Lipinski definition) is 6. The summed E-state index contributed by atoms with van der Waals surface area (Å²) in [5, 5.41) is 9.19. The SMILES string of the molecule is O=C(Nc1ccc(Cl)cn1)c1oc2cccnc2c1NC(=O)C1CCNCC1. The maximum absolute atomic E-state index is 12.8. The number of carbonyl (C=O) groups is 2. The van der Waals surface area contributed by atoms with Crippen molar-refractivity contribution in [1.29, 1.82) is 0 Å². The number of pyridine rings is 2. The van der Waals surface area contributed by atoms with Gasteiger partial charge in [-0.1, -0.05) is 11.6 Å². The smallest absolute Gasteiger partial charge is 0.294 e. The number of piperidine rings is 1. The minimum absolute atomic E-state index is 0.0206. The van der Waals surface area contributed by atoms with Gasteiger partial charge in [0, 0.05) is 18.3 Å². The van der Waals surface area contributed by atoms with Gasteiger partial charge in [0.25, 0.3) is 5.91 Å². The number of aromatic nitrogens is 2. The summed E-state index contributed by atoms with van der Waals surface area (Å²) in [4.78, 5) is 33.8. The molecule has 8 nitrogen and oxygen atoms in total. The Morgan fingerprint density at radius 3 is 2.71 bits per heavy atom. The van der Waals surface area contributed by atoms with Gasteiger partial charge in [-0.2, -0.15) is 0 Å². The lowest BCUT2D eigenvalue weighted by atomic mass is 9.97. The number of fused-ring (bicyclic) bond motifs is 1. The number of anilines is 2. The number of rotatable bonds is 4. The van der Waals surface area contributed by atoms with Crippen molar-refractivity contribution in [3.63, 3.8) is 0 Å². The van der Waals surface area contributed by atoms with Crippen LogP contribution in [0.25, 0.3) is 11.1 Å². The summed E-state index contributed by atoms with van der Waals surface area (Å²) < 4.78 is 5.69. The molecule has 3 aromatic heterocycles. The lowest BCUT2D eigenvalue weighted by Crippen LogP contribution is -2.34. The van der Waals surface area contributed by atoms with Crippen molar-refractivity contribution in [3.8, 4) is 0 Å². The fourth-order valence-electron chi connectivity index (χ4n) is 3.14.